The Kier molecular flexibility index (Phi) is 5.09. The number of rotatable bonds is 4. The number of aryl methyl sites for hydroxylation is 1. The van der Waals surface area contributed by atoms with Gasteiger partial charge in [-0.3, -0.25) is 9.69 Å². The minimum atomic E-state index is -0.134. The van der Waals surface area contributed by atoms with E-state index in [1.165, 1.54) is 47.7 Å². The van der Waals surface area contributed by atoms with Gasteiger partial charge in [0.2, 0.25) is 5.88 Å². The maximum absolute atomic E-state index is 11.5. The van der Waals surface area contributed by atoms with Crippen LogP contribution in [0.4, 0.5) is 0 Å². The highest BCUT2D eigenvalue weighted by atomic mass is 16.5. The van der Waals surface area contributed by atoms with E-state index in [4.69, 9.17) is 4.74 Å². The van der Waals surface area contributed by atoms with Crippen LogP contribution in [0.2, 0.25) is 0 Å². The van der Waals surface area contributed by atoms with Crippen LogP contribution in [0.3, 0.4) is 0 Å². The maximum atomic E-state index is 11.5. The van der Waals surface area contributed by atoms with Crippen molar-refractivity contribution < 1.29 is 4.74 Å². The Labute approximate surface area is 176 Å². The maximum Gasteiger partial charge on any atom is 0.266 e. The van der Waals surface area contributed by atoms with Gasteiger partial charge in [-0.05, 0) is 61.1 Å². The van der Waals surface area contributed by atoms with E-state index in [9.17, 15) is 4.79 Å². The highest BCUT2D eigenvalue weighted by Crippen LogP contribution is 2.30. The molecule has 3 heterocycles. The van der Waals surface area contributed by atoms with Gasteiger partial charge in [-0.15, -0.1) is 0 Å². The molecule has 2 aliphatic rings. The van der Waals surface area contributed by atoms with Gasteiger partial charge in [-0.25, -0.2) is 9.67 Å². The van der Waals surface area contributed by atoms with E-state index in [2.05, 4.69) is 27.1 Å². The summed E-state index contributed by atoms with van der Waals surface area (Å²) in [7, 11) is 1.64. The van der Waals surface area contributed by atoms with Crippen molar-refractivity contribution in [3.05, 3.63) is 70.1 Å². The Balaban J connectivity index is 1.29. The van der Waals surface area contributed by atoms with Crippen molar-refractivity contribution in [2.45, 2.75) is 38.1 Å². The number of benzene rings is 1. The third-order valence-electron chi connectivity index (χ3n) is 6.32. The van der Waals surface area contributed by atoms with Crippen molar-refractivity contribution >= 4 is 0 Å². The van der Waals surface area contributed by atoms with Crippen molar-refractivity contribution in [2.24, 2.45) is 7.05 Å². The molecule has 0 radical (unpaired) electrons. The van der Waals surface area contributed by atoms with Crippen molar-refractivity contribution in [1.82, 2.24) is 19.7 Å². The summed E-state index contributed by atoms with van der Waals surface area (Å²) in [6, 6.07) is 14.2. The Morgan fingerprint density at radius 2 is 1.83 bits per heavy atom. The second-order valence-electron chi connectivity index (χ2n) is 8.22. The summed E-state index contributed by atoms with van der Waals surface area (Å²) in [5.74, 6) is 1.37. The number of hydrogen-bond acceptors (Lipinski definition) is 5. The van der Waals surface area contributed by atoms with Crippen molar-refractivity contribution in [3.63, 3.8) is 0 Å². The van der Waals surface area contributed by atoms with E-state index in [1.54, 1.807) is 19.3 Å². The van der Waals surface area contributed by atoms with Gasteiger partial charge in [0.25, 0.3) is 5.56 Å². The molecule has 5 rings (SSSR count). The normalized spacial score (nSPS) is 17.1. The lowest BCUT2D eigenvalue weighted by molar-refractivity contribution is 0.133. The fourth-order valence-electron chi connectivity index (χ4n) is 4.27. The summed E-state index contributed by atoms with van der Waals surface area (Å²) in [5.41, 5.74) is 4.24. The van der Waals surface area contributed by atoms with Crippen LogP contribution in [-0.4, -0.2) is 38.8 Å². The number of ether oxygens (including phenoxy) is 1. The number of fused-ring (bicyclic) bond motifs is 1. The molecule has 0 unspecified atom stereocenters. The molecule has 0 N–H and O–H groups in total. The highest BCUT2D eigenvalue weighted by molar-refractivity contribution is 5.57. The summed E-state index contributed by atoms with van der Waals surface area (Å²) in [6.07, 6.45) is 8.03. The monoisotopic (exact) mass is 402 g/mol. The van der Waals surface area contributed by atoms with Gasteiger partial charge in [0.1, 0.15) is 5.75 Å². The second kappa shape index (κ2) is 8.03. The van der Waals surface area contributed by atoms with Gasteiger partial charge in [0.05, 0.1) is 5.69 Å². The van der Waals surface area contributed by atoms with Crippen LogP contribution in [0.25, 0.3) is 11.3 Å². The van der Waals surface area contributed by atoms with E-state index in [1.807, 2.05) is 18.2 Å². The minimum absolute atomic E-state index is 0.134. The van der Waals surface area contributed by atoms with Crippen LogP contribution < -0.4 is 10.3 Å². The van der Waals surface area contributed by atoms with Crippen LogP contribution in [-0.2, 0) is 19.9 Å². The number of pyridine rings is 1. The van der Waals surface area contributed by atoms with Gasteiger partial charge in [0, 0.05) is 50.1 Å². The van der Waals surface area contributed by atoms with Crippen LogP contribution >= 0.6 is 0 Å². The summed E-state index contributed by atoms with van der Waals surface area (Å²) in [5, 5.41) is 4.26. The van der Waals surface area contributed by atoms with Gasteiger partial charge >= 0.3 is 0 Å². The standard InChI is InChI=1S/C24H26N4O2/c1-27-24(29)10-8-22(26-27)19-6-9-23(25-16-19)30-21-7-5-17-11-13-28(20-3-2-4-20)14-12-18(17)15-21/h5-10,15-16,20H,2-4,11-14H2,1H3. The van der Waals surface area contributed by atoms with Crippen LogP contribution in [0, 0.1) is 0 Å². The Bertz CT molecular complexity index is 1100. The average Bonchev–Trinajstić information content (AvgIpc) is 2.92. The van der Waals surface area contributed by atoms with E-state index in [0.717, 1.165) is 36.7 Å². The molecule has 0 saturated heterocycles. The third-order valence-corrected chi connectivity index (χ3v) is 6.32. The highest BCUT2D eigenvalue weighted by Gasteiger charge is 2.26. The van der Waals surface area contributed by atoms with E-state index in [0.29, 0.717) is 11.6 Å². The van der Waals surface area contributed by atoms with E-state index < -0.39 is 0 Å². The quantitative estimate of drug-likeness (QED) is 0.668. The summed E-state index contributed by atoms with van der Waals surface area (Å²) in [6.45, 7) is 2.31. The molecule has 2 aromatic heterocycles. The first-order valence-electron chi connectivity index (χ1n) is 10.7. The first kappa shape index (κ1) is 19.0. The van der Waals surface area contributed by atoms with Crippen LogP contribution in [0.5, 0.6) is 11.6 Å². The zero-order valence-corrected chi connectivity index (χ0v) is 17.3. The molecule has 0 spiro atoms. The fourth-order valence-corrected chi connectivity index (χ4v) is 4.27. The van der Waals surface area contributed by atoms with E-state index >= 15 is 0 Å². The fraction of sp³-hybridized carbons (Fsp3) is 0.375. The summed E-state index contributed by atoms with van der Waals surface area (Å²) in [4.78, 5) is 18.6. The molecule has 30 heavy (non-hydrogen) atoms. The number of aromatic nitrogens is 3. The lowest BCUT2D eigenvalue weighted by Crippen LogP contribution is -2.41. The first-order chi connectivity index (χ1) is 14.7. The molecule has 0 atom stereocenters. The molecule has 0 amide bonds. The van der Waals surface area contributed by atoms with Gasteiger partial charge in [0.15, 0.2) is 0 Å². The minimum Gasteiger partial charge on any atom is -0.439 e. The van der Waals surface area contributed by atoms with Crippen molar-refractivity contribution in [3.8, 4) is 22.9 Å². The van der Waals surface area contributed by atoms with Crippen LogP contribution in [0.15, 0.2) is 53.5 Å². The molecule has 6 heteroatoms. The Hall–Kier alpha value is -2.99. The average molecular weight is 402 g/mol. The predicted octanol–water partition coefficient (Wildman–Crippen LogP) is 3.59. The third kappa shape index (κ3) is 3.87. The lowest BCUT2D eigenvalue weighted by Gasteiger charge is -2.36. The SMILES string of the molecule is Cn1nc(-c2ccc(Oc3ccc4c(c3)CCN(C3CCC3)CC4)nc2)ccc1=O. The van der Waals surface area contributed by atoms with Crippen molar-refractivity contribution in [2.75, 3.05) is 13.1 Å². The van der Waals surface area contributed by atoms with Crippen LogP contribution in [0.1, 0.15) is 30.4 Å². The largest absolute Gasteiger partial charge is 0.439 e. The van der Waals surface area contributed by atoms with E-state index in [-0.39, 0.29) is 5.56 Å². The second-order valence-corrected chi connectivity index (χ2v) is 8.22. The van der Waals surface area contributed by atoms with Gasteiger partial charge in [-0.1, -0.05) is 12.5 Å². The number of nitrogens with zero attached hydrogens (tertiary/aromatic N) is 4. The summed E-state index contributed by atoms with van der Waals surface area (Å²) >= 11 is 0. The predicted molar refractivity (Wildman–Crippen MR) is 116 cm³/mol. The molecule has 3 aromatic rings. The Morgan fingerprint density at radius 1 is 1.00 bits per heavy atom. The van der Waals surface area contributed by atoms with Gasteiger partial charge < -0.3 is 4.74 Å². The summed E-state index contributed by atoms with van der Waals surface area (Å²) < 4.78 is 7.35. The molecule has 154 valence electrons. The topological polar surface area (TPSA) is 60.2 Å². The zero-order valence-electron chi connectivity index (χ0n) is 17.3. The lowest BCUT2D eigenvalue weighted by atomic mass is 9.91. The molecular weight excluding hydrogens is 376 g/mol. The van der Waals surface area contributed by atoms with Gasteiger partial charge in [-0.2, -0.15) is 5.10 Å². The molecule has 1 aromatic carbocycles. The molecule has 1 aliphatic carbocycles. The molecule has 0 bridgehead atoms. The Morgan fingerprint density at radius 3 is 2.53 bits per heavy atom. The molecule has 6 nitrogen and oxygen atoms in total. The first-order valence-corrected chi connectivity index (χ1v) is 10.7. The smallest absolute Gasteiger partial charge is 0.266 e. The molecule has 1 aliphatic heterocycles. The zero-order chi connectivity index (χ0) is 20.5. The molecule has 1 fully saturated rings. The number of hydrogen-bond donors (Lipinski definition) is 0. The molecule has 1 saturated carbocycles. The van der Waals surface area contributed by atoms with Crippen molar-refractivity contribution in [1.29, 1.82) is 0 Å². The molecular formula is C24H26N4O2.